The molecule has 4 heterocycles. The van der Waals surface area contributed by atoms with Gasteiger partial charge >= 0.3 is 5.97 Å². The van der Waals surface area contributed by atoms with Crippen LogP contribution in [0.15, 0.2) is 33.4 Å². The van der Waals surface area contributed by atoms with Crippen LogP contribution < -0.4 is 11.1 Å². The van der Waals surface area contributed by atoms with Crippen molar-refractivity contribution in [3.63, 3.8) is 0 Å². The number of nitrogens with two attached hydrogens (primary N) is 1. The van der Waals surface area contributed by atoms with Crippen LogP contribution in [0.25, 0.3) is 6.08 Å². The van der Waals surface area contributed by atoms with Crippen LogP contribution in [0.4, 0.5) is 5.13 Å². The Hall–Kier alpha value is -2.94. The lowest BCUT2D eigenvalue weighted by Gasteiger charge is -2.56. The van der Waals surface area contributed by atoms with Gasteiger partial charge in [-0.1, -0.05) is 11.2 Å². The number of carbonyl (C=O) groups excluding carboxylic acids is 1. The van der Waals surface area contributed by atoms with Gasteiger partial charge in [-0.2, -0.15) is 0 Å². The molecule has 0 saturated carbocycles. The molecule has 2 aliphatic rings. The highest BCUT2D eigenvalue weighted by Crippen LogP contribution is 2.44. The minimum atomic E-state index is -1.06. The molecule has 2 aromatic heterocycles. The van der Waals surface area contributed by atoms with Crippen molar-refractivity contribution < 1.29 is 24.3 Å². The summed E-state index contributed by atoms with van der Waals surface area (Å²) >= 11 is 4.19. The fourth-order valence-corrected chi connectivity index (χ4v) is 6.34. The number of methoxy groups -OCH3 is 1. The van der Waals surface area contributed by atoms with E-state index < -0.39 is 24.1 Å². The topological polar surface area (TPSA) is 152 Å². The number of rotatable bonds is 8. The van der Waals surface area contributed by atoms with Gasteiger partial charge in [0.15, 0.2) is 17.1 Å². The highest BCUT2D eigenvalue weighted by molar-refractivity contribution is 8.00. The molecule has 34 heavy (non-hydrogen) atoms. The molecular formula is C20H22N6O5S3. The lowest BCUT2D eigenvalue weighted by atomic mass is 10.0. The zero-order valence-corrected chi connectivity index (χ0v) is 20.9. The number of nitrogens with one attached hydrogen (secondary N) is 1. The number of thiazole rings is 2. The Morgan fingerprint density at radius 2 is 2.15 bits per heavy atom. The van der Waals surface area contributed by atoms with Crippen molar-refractivity contribution in [3.05, 3.63) is 44.5 Å². The Bertz CT molecular complexity index is 1190. The van der Waals surface area contributed by atoms with Crippen molar-refractivity contribution in [1.82, 2.24) is 20.2 Å². The van der Waals surface area contributed by atoms with Gasteiger partial charge in [0.05, 0.1) is 11.2 Å². The van der Waals surface area contributed by atoms with Gasteiger partial charge in [0, 0.05) is 23.1 Å². The lowest BCUT2D eigenvalue weighted by Crippen LogP contribution is -2.73. The molecule has 2 aliphatic heterocycles. The standard InChI is InChI=1S/C20H22N6O5S3/c1-9-12(34-8-22-9)5-4-10-6-32-18-14(17(30-2)26(18)15(10)19(28)29)24-16(27)13(25-31-3)11-7-33-20(21)23-11/h4-5,7-8,14,17-18H,6H2,1-3H3,(H2,21,23)(H,24,27)(H,28,29)/b5-4-,25-13-. The number of allylic oxidation sites excluding steroid dienone is 1. The summed E-state index contributed by atoms with van der Waals surface area (Å²) in [5.74, 6) is -1.12. The molecule has 14 heteroatoms. The number of ether oxygens (including phenoxy) is 1. The summed E-state index contributed by atoms with van der Waals surface area (Å²) in [4.78, 5) is 41.0. The predicted octanol–water partition coefficient (Wildman–Crippen LogP) is 1.74. The second kappa shape index (κ2) is 10.1. The van der Waals surface area contributed by atoms with Gasteiger partial charge in [0.1, 0.15) is 29.9 Å². The number of carboxylic acid groups (broad SMARTS) is 1. The lowest BCUT2D eigenvalue weighted by molar-refractivity contribution is -0.152. The zero-order valence-electron chi connectivity index (χ0n) is 18.4. The molecular weight excluding hydrogens is 500 g/mol. The number of carbonyl (C=O) groups is 2. The van der Waals surface area contributed by atoms with E-state index in [1.54, 1.807) is 15.8 Å². The summed E-state index contributed by atoms with van der Waals surface area (Å²) in [5.41, 5.74) is 9.39. The SMILES string of the molecule is CO/N=C(\C(=O)NC1C(OC)N2C(C(=O)O)=C(/C=C\c3scnc3C)CSC12)c1csc(N)n1. The number of hydrogen-bond acceptors (Lipinski definition) is 12. The van der Waals surface area contributed by atoms with E-state index in [0.717, 1.165) is 10.6 Å². The first kappa shape index (κ1) is 24.2. The first-order chi connectivity index (χ1) is 16.3. The van der Waals surface area contributed by atoms with E-state index >= 15 is 0 Å². The van der Waals surface area contributed by atoms with E-state index in [1.165, 1.54) is 48.7 Å². The third kappa shape index (κ3) is 4.53. The average molecular weight is 523 g/mol. The monoisotopic (exact) mass is 522 g/mol. The van der Waals surface area contributed by atoms with Crippen molar-refractivity contribution in [2.75, 3.05) is 25.7 Å². The molecule has 3 unspecified atom stereocenters. The number of nitrogen functional groups attached to an aromatic ring is 1. The second-order valence-corrected chi connectivity index (χ2v) is 10.1. The smallest absolute Gasteiger partial charge is 0.352 e. The third-order valence-electron chi connectivity index (χ3n) is 5.26. The van der Waals surface area contributed by atoms with Crippen LogP contribution in [0.1, 0.15) is 16.3 Å². The maximum atomic E-state index is 13.0. The van der Waals surface area contributed by atoms with Gasteiger partial charge < -0.3 is 30.6 Å². The maximum Gasteiger partial charge on any atom is 0.352 e. The molecule has 4 N–H and O–H groups in total. The third-order valence-corrected chi connectivity index (χ3v) is 8.17. The fourth-order valence-electron chi connectivity index (χ4n) is 3.71. The summed E-state index contributed by atoms with van der Waals surface area (Å²) in [7, 11) is 2.80. The molecule has 1 amide bonds. The number of aliphatic carboxylic acids is 1. The molecule has 180 valence electrons. The summed E-state index contributed by atoms with van der Waals surface area (Å²) < 4.78 is 5.58. The van der Waals surface area contributed by atoms with E-state index in [2.05, 4.69) is 20.4 Å². The van der Waals surface area contributed by atoms with E-state index in [0.29, 0.717) is 22.2 Å². The van der Waals surface area contributed by atoms with Crippen LogP contribution in [0, 0.1) is 6.92 Å². The van der Waals surface area contributed by atoms with Gasteiger partial charge in [-0.15, -0.1) is 34.4 Å². The number of carboxylic acids is 1. The Morgan fingerprint density at radius 1 is 1.35 bits per heavy atom. The molecule has 0 aliphatic carbocycles. The van der Waals surface area contributed by atoms with Crippen LogP contribution in [0.3, 0.4) is 0 Å². The minimum absolute atomic E-state index is 0.0258. The van der Waals surface area contributed by atoms with Gasteiger partial charge in [-0.25, -0.2) is 14.8 Å². The van der Waals surface area contributed by atoms with Crippen molar-refractivity contribution in [2.45, 2.75) is 24.6 Å². The molecule has 4 rings (SSSR count). The molecule has 1 saturated heterocycles. The normalized spacial score (nSPS) is 22.5. The number of nitrogens with zero attached hydrogens (tertiary/aromatic N) is 4. The average Bonchev–Trinajstić information content (AvgIpc) is 3.42. The van der Waals surface area contributed by atoms with Crippen LogP contribution in [0.5, 0.6) is 0 Å². The molecule has 0 aromatic carbocycles. The summed E-state index contributed by atoms with van der Waals surface area (Å²) in [5, 5.41) is 18.3. The molecule has 2 aromatic rings. The van der Waals surface area contributed by atoms with Crippen LogP contribution >= 0.6 is 34.4 Å². The summed E-state index contributed by atoms with van der Waals surface area (Å²) in [6.45, 7) is 1.90. The van der Waals surface area contributed by atoms with Crippen molar-refractivity contribution >= 4 is 63.2 Å². The number of amides is 1. The number of aryl methyl sites for hydroxylation is 1. The highest BCUT2D eigenvalue weighted by Gasteiger charge is 2.54. The minimum Gasteiger partial charge on any atom is -0.477 e. The predicted molar refractivity (Wildman–Crippen MR) is 131 cm³/mol. The molecule has 3 atom stereocenters. The largest absolute Gasteiger partial charge is 0.477 e. The molecule has 0 spiro atoms. The molecule has 0 radical (unpaired) electrons. The quantitative estimate of drug-likeness (QED) is 0.345. The van der Waals surface area contributed by atoms with Crippen LogP contribution in [-0.4, -0.2) is 75.2 Å². The maximum absolute atomic E-state index is 13.0. The molecule has 1 fully saturated rings. The Labute approximate surface area is 207 Å². The number of anilines is 1. The molecule has 0 bridgehead atoms. The fraction of sp³-hybridized carbons (Fsp3) is 0.350. The van der Waals surface area contributed by atoms with Gasteiger partial charge in [0.2, 0.25) is 0 Å². The highest BCUT2D eigenvalue weighted by atomic mass is 32.2. The first-order valence-corrected chi connectivity index (χ1v) is 12.8. The van der Waals surface area contributed by atoms with Crippen LogP contribution in [0.2, 0.25) is 0 Å². The summed E-state index contributed by atoms with van der Waals surface area (Å²) in [6, 6.07) is -0.482. The number of thioether (sulfide) groups is 1. The zero-order chi connectivity index (χ0) is 24.4. The van der Waals surface area contributed by atoms with Crippen molar-refractivity contribution in [2.24, 2.45) is 5.16 Å². The van der Waals surface area contributed by atoms with E-state index in [-0.39, 0.29) is 16.8 Å². The van der Waals surface area contributed by atoms with Crippen molar-refractivity contribution in [1.29, 1.82) is 0 Å². The van der Waals surface area contributed by atoms with Crippen LogP contribution in [-0.2, 0) is 19.2 Å². The molecule has 11 nitrogen and oxygen atoms in total. The second-order valence-electron chi connectivity index (χ2n) is 7.24. The van der Waals surface area contributed by atoms with Crippen molar-refractivity contribution in [3.8, 4) is 0 Å². The summed E-state index contributed by atoms with van der Waals surface area (Å²) in [6.07, 6.45) is 3.01. The van der Waals surface area contributed by atoms with Gasteiger partial charge in [-0.3, -0.25) is 4.79 Å². The Morgan fingerprint density at radius 3 is 2.74 bits per heavy atom. The van der Waals surface area contributed by atoms with E-state index in [1.807, 2.05) is 19.1 Å². The van der Waals surface area contributed by atoms with E-state index in [9.17, 15) is 14.7 Å². The van der Waals surface area contributed by atoms with E-state index in [4.69, 9.17) is 15.3 Å². The number of oxime groups is 1. The number of hydrogen-bond donors (Lipinski definition) is 3. The Balaban J connectivity index is 1.56. The van der Waals surface area contributed by atoms with Gasteiger partial charge in [0.25, 0.3) is 5.91 Å². The first-order valence-electron chi connectivity index (χ1n) is 9.96. The number of fused-ring (bicyclic) bond motifs is 1. The Kier molecular flexibility index (Phi) is 7.21. The van der Waals surface area contributed by atoms with Gasteiger partial charge in [-0.05, 0) is 18.6 Å². The number of aromatic nitrogens is 2.